The Morgan fingerprint density at radius 1 is 1.75 bits per heavy atom. The van der Waals surface area contributed by atoms with E-state index in [0.717, 1.165) is 12.1 Å². The van der Waals surface area contributed by atoms with Crippen LogP contribution in [0.2, 0.25) is 0 Å². The van der Waals surface area contributed by atoms with Crippen molar-refractivity contribution in [2.45, 2.75) is 26.2 Å². The maximum Gasteiger partial charge on any atom is 0.180 e. The zero-order chi connectivity index (χ0) is 8.97. The highest BCUT2D eigenvalue weighted by Crippen LogP contribution is 2.12. The first-order chi connectivity index (χ1) is 5.72. The summed E-state index contributed by atoms with van der Waals surface area (Å²) in [6.07, 6.45) is 1.97. The lowest BCUT2D eigenvalue weighted by Crippen LogP contribution is -2.02. The predicted octanol–water partition coefficient (Wildman–Crippen LogP) is 1.64. The summed E-state index contributed by atoms with van der Waals surface area (Å²) < 4.78 is 0. The number of nitrogens with two attached hydrogens (primary N) is 1. The van der Waals surface area contributed by atoms with Gasteiger partial charge in [0.05, 0.1) is 5.69 Å². The number of aromatic nitrogens is 1. The molecule has 0 unspecified atom stereocenters. The summed E-state index contributed by atoms with van der Waals surface area (Å²) in [6, 6.07) is 0. The van der Waals surface area contributed by atoms with Crippen LogP contribution in [-0.2, 0) is 11.2 Å². The highest BCUT2D eigenvalue weighted by Gasteiger charge is 2.04. The van der Waals surface area contributed by atoms with Crippen LogP contribution in [0.15, 0.2) is 5.38 Å². The summed E-state index contributed by atoms with van der Waals surface area (Å²) in [5.41, 5.74) is 6.23. The summed E-state index contributed by atoms with van der Waals surface area (Å²) in [7, 11) is 0. The van der Waals surface area contributed by atoms with E-state index in [-0.39, 0.29) is 5.78 Å². The molecule has 0 saturated carbocycles. The first-order valence-corrected chi connectivity index (χ1v) is 4.82. The lowest BCUT2D eigenvalue weighted by atomic mass is 10.1. The van der Waals surface area contributed by atoms with Crippen molar-refractivity contribution in [1.29, 1.82) is 0 Å². The third-order valence-electron chi connectivity index (χ3n) is 1.48. The molecule has 0 radical (unpaired) electrons. The van der Waals surface area contributed by atoms with Gasteiger partial charge in [-0.15, -0.1) is 11.3 Å². The Morgan fingerprint density at radius 3 is 3.00 bits per heavy atom. The SMILES string of the molecule is CCCC(=O)Cc1csc(N)n1. The standard InChI is InChI=1S/C8H12N2OS/c1-2-3-7(11)4-6-5-12-8(9)10-6/h5H,2-4H2,1H3,(H2,9,10). The number of anilines is 1. The van der Waals surface area contributed by atoms with Gasteiger partial charge < -0.3 is 5.73 Å². The van der Waals surface area contributed by atoms with Crippen molar-refractivity contribution in [3.8, 4) is 0 Å². The third kappa shape index (κ3) is 2.62. The maximum atomic E-state index is 11.1. The van der Waals surface area contributed by atoms with Crippen molar-refractivity contribution in [3.63, 3.8) is 0 Å². The Morgan fingerprint density at radius 2 is 2.50 bits per heavy atom. The van der Waals surface area contributed by atoms with Gasteiger partial charge in [0.15, 0.2) is 5.13 Å². The molecule has 0 saturated heterocycles. The largest absolute Gasteiger partial charge is 0.375 e. The van der Waals surface area contributed by atoms with Crippen LogP contribution in [0.25, 0.3) is 0 Å². The zero-order valence-electron chi connectivity index (χ0n) is 7.04. The van der Waals surface area contributed by atoms with E-state index >= 15 is 0 Å². The number of ketones is 1. The van der Waals surface area contributed by atoms with Gasteiger partial charge in [0.2, 0.25) is 0 Å². The fourth-order valence-corrected chi connectivity index (χ4v) is 1.54. The molecule has 12 heavy (non-hydrogen) atoms. The van der Waals surface area contributed by atoms with Crippen molar-refractivity contribution in [3.05, 3.63) is 11.1 Å². The third-order valence-corrected chi connectivity index (χ3v) is 2.20. The van der Waals surface area contributed by atoms with Gasteiger partial charge in [-0.25, -0.2) is 4.98 Å². The van der Waals surface area contributed by atoms with Crippen LogP contribution in [-0.4, -0.2) is 10.8 Å². The number of rotatable bonds is 4. The molecule has 0 bridgehead atoms. The smallest absolute Gasteiger partial charge is 0.180 e. The van der Waals surface area contributed by atoms with Gasteiger partial charge in [-0.05, 0) is 6.42 Å². The molecule has 0 aromatic carbocycles. The average molecular weight is 184 g/mol. The molecule has 0 aliphatic carbocycles. The number of carbonyl (C=O) groups excluding carboxylic acids is 1. The predicted molar refractivity (Wildman–Crippen MR) is 50.1 cm³/mol. The Balaban J connectivity index is 2.46. The van der Waals surface area contributed by atoms with E-state index in [1.165, 1.54) is 11.3 Å². The number of Topliss-reactive ketones (excluding diaryl/α,β-unsaturated/α-hetero) is 1. The lowest BCUT2D eigenvalue weighted by molar-refractivity contribution is -0.118. The molecule has 0 atom stereocenters. The Labute approximate surface area is 75.6 Å². The van der Waals surface area contributed by atoms with E-state index < -0.39 is 0 Å². The molecule has 0 aliphatic rings. The van der Waals surface area contributed by atoms with Crippen molar-refractivity contribution < 1.29 is 4.79 Å². The van der Waals surface area contributed by atoms with E-state index in [9.17, 15) is 4.79 Å². The number of carbonyl (C=O) groups is 1. The summed E-state index contributed by atoms with van der Waals surface area (Å²) >= 11 is 1.38. The van der Waals surface area contributed by atoms with Gasteiger partial charge in [-0.1, -0.05) is 6.92 Å². The molecular weight excluding hydrogens is 172 g/mol. The minimum Gasteiger partial charge on any atom is -0.375 e. The normalized spacial score (nSPS) is 10.1. The van der Waals surface area contributed by atoms with Gasteiger partial charge in [-0.3, -0.25) is 4.79 Å². The minimum atomic E-state index is 0.239. The highest BCUT2D eigenvalue weighted by atomic mass is 32.1. The molecule has 66 valence electrons. The topological polar surface area (TPSA) is 56.0 Å². The summed E-state index contributed by atoms with van der Waals surface area (Å²) in [6.45, 7) is 1.99. The number of thiazole rings is 1. The van der Waals surface area contributed by atoms with Gasteiger partial charge in [0.1, 0.15) is 5.78 Å². The van der Waals surface area contributed by atoms with Crippen molar-refractivity contribution in [2.75, 3.05) is 5.73 Å². The van der Waals surface area contributed by atoms with Crippen molar-refractivity contribution >= 4 is 22.3 Å². The summed E-state index contributed by atoms with van der Waals surface area (Å²) in [4.78, 5) is 15.2. The van der Waals surface area contributed by atoms with E-state index in [4.69, 9.17) is 5.73 Å². The Hall–Kier alpha value is -0.900. The molecule has 0 amide bonds. The number of hydrogen-bond donors (Lipinski definition) is 1. The van der Waals surface area contributed by atoms with Crippen molar-refractivity contribution in [2.24, 2.45) is 0 Å². The van der Waals surface area contributed by atoms with Gasteiger partial charge in [0.25, 0.3) is 0 Å². The van der Waals surface area contributed by atoms with Crippen LogP contribution >= 0.6 is 11.3 Å². The first kappa shape index (κ1) is 9.19. The number of hydrogen-bond acceptors (Lipinski definition) is 4. The van der Waals surface area contributed by atoms with Crippen LogP contribution in [0, 0.1) is 0 Å². The molecule has 0 fully saturated rings. The fraction of sp³-hybridized carbons (Fsp3) is 0.500. The molecule has 0 spiro atoms. The monoisotopic (exact) mass is 184 g/mol. The minimum absolute atomic E-state index is 0.239. The first-order valence-electron chi connectivity index (χ1n) is 3.94. The van der Waals surface area contributed by atoms with Crippen LogP contribution < -0.4 is 5.73 Å². The molecule has 1 aromatic heterocycles. The number of nitrogen functional groups attached to an aromatic ring is 1. The second-order valence-corrected chi connectivity index (χ2v) is 3.53. The van der Waals surface area contributed by atoms with E-state index in [0.29, 0.717) is 18.0 Å². The molecule has 0 aliphatic heterocycles. The molecule has 1 aromatic rings. The van der Waals surface area contributed by atoms with E-state index in [1.54, 1.807) is 0 Å². The molecule has 2 N–H and O–H groups in total. The van der Waals surface area contributed by atoms with Gasteiger partial charge in [0, 0.05) is 18.2 Å². The van der Waals surface area contributed by atoms with Crippen LogP contribution in [0.4, 0.5) is 5.13 Å². The second kappa shape index (κ2) is 4.21. The molecular formula is C8H12N2OS. The van der Waals surface area contributed by atoms with Crippen LogP contribution in [0.3, 0.4) is 0 Å². The van der Waals surface area contributed by atoms with E-state index in [1.807, 2.05) is 12.3 Å². The maximum absolute atomic E-state index is 11.1. The molecule has 1 heterocycles. The zero-order valence-corrected chi connectivity index (χ0v) is 7.86. The molecule has 3 nitrogen and oxygen atoms in total. The summed E-state index contributed by atoms with van der Waals surface area (Å²) in [5.74, 6) is 0.239. The van der Waals surface area contributed by atoms with Crippen LogP contribution in [0.1, 0.15) is 25.5 Å². The lowest BCUT2D eigenvalue weighted by Gasteiger charge is -1.93. The van der Waals surface area contributed by atoms with Crippen molar-refractivity contribution in [1.82, 2.24) is 4.98 Å². The summed E-state index contributed by atoms with van der Waals surface area (Å²) in [5, 5.41) is 2.37. The molecule has 4 heteroatoms. The molecule has 1 rings (SSSR count). The fourth-order valence-electron chi connectivity index (χ4n) is 0.973. The quantitative estimate of drug-likeness (QED) is 0.773. The van der Waals surface area contributed by atoms with Gasteiger partial charge >= 0.3 is 0 Å². The Kier molecular flexibility index (Phi) is 3.22. The average Bonchev–Trinajstić information content (AvgIpc) is 2.36. The number of nitrogens with zero attached hydrogens (tertiary/aromatic N) is 1. The van der Waals surface area contributed by atoms with E-state index in [2.05, 4.69) is 4.98 Å². The second-order valence-electron chi connectivity index (χ2n) is 2.64. The van der Waals surface area contributed by atoms with Gasteiger partial charge in [-0.2, -0.15) is 0 Å². The highest BCUT2D eigenvalue weighted by molar-refractivity contribution is 7.13. The van der Waals surface area contributed by atoms with Crippen LogP contribution in [0.5, 0.6) is 0 Å². The Bertz CT molecular complexity index is 270.